The Kier molecular flexibility index (Phi) is 13.3. The van der Waals surface area contributed by atoms with Crippen LogP contribution in [0.2, 0.25) is 0 Å². The van der Waals surface area contributed by atoms with E-state index in [9.17, 15) is 13.2 Å². The van der Waals surface area contributed by atoms with Crippen molar-refractivity contribution in [3.05, 3.63) is 0 Å². The Morgan fingerprint density at radius 2 is 2.08 bits per heavy atom. The van der Waals surface area contributed by atoms with Gasteiger partial charge in [0.2, 0.25) is 0 Å². The van der Waals surface area contributed by atoms with Crippen molar-refractivity contribution >= 4 is 41.7 Å². The standard InChI is InChI=1S/C16H31F3N4S.HI/c1-4-22(13-16(17,18)19)11-14-7-9-23(12-14)15(20-2)21-8-5-6-10-24-3;/h14H,4-13H2,1-3H3,(H,20,21);1H. The maximum atomic E-state index is 12.6. The number of hydrogen-bond donors (Lipinski definition) is 1. The molecule has 1 N–H and O–H groups in total. The molecule has 0 saturated carbocycles. The van der Waals surface area contributed by atoms with Crippen molar-refractivity contribution in [3.63, 3.8) is 0 Å². The first-order valence-corrected chi connectivity index (χ1v) is 10.0. The zero-order chi connectivity index (χ0) is 18.0. The largest absolute Gasteiger partial charge is 0.401 e. The highest BCUT2D eigenvalue weighted by atomic mass is 127. The van der Waals surface area contributed by atoms with Crippen LogP contribution in [-0.4, -0.2) is 80.3 Å². The summed E-state index contributed by atoms with van der Waals surface area (Å²) in [7, 11) is 1.76. The lowest BCUT2D eigenvalue weighted by atomic mass is 10.1. The number of nitrogens with zero attached hydrogens (tertiary/aromatic N) is 3. The van der Waals surface area contributed by atoms with Crippen LogP contribution in [0, 0.1) is 5.92 Å². The van der Waals surface area contributed by atoms with Gasteiger partial charge in [-0.2, -0.15) is 24.9 Å². The van der Waals surface area contributed by atoms with Crippen LogP contribution in [0.1, 0.15) is 26.2 Å². The predicted molar refractivity (Wildman–Crippen MR) is 112 cm³/mol. The van der Waals surface area contributed by atoms with Crippen LogP contribution in [-0.2, 0) is 0 Å². The molecule has 1 saturated heterocycles. The van der Waals surface area contributed by atoms with Crippen molar-refractivity contribution in [2.24, 2.45) is 10.9 Å². The average Bonchev–Trinajstić information content (AvgIpc) is 2.97. The lowest BCUT2D eigenvalue weighted by Gasteiger charge is -2.26. The highest BCUT2D eigenvalue weighted by Gasteiger charge is 2.32. The van der Waals surface area contributed by atoms with Crippen molar-refractivity contribution in [1.29, 1.82) is 0 Å². The van der Waals surface area contributed by atoms with Gasteiger partial charge in [-0.1, -0.05) is 6.92 Å². The number of hydrogen-bond acceptors (Lipinski definition) is 3. The smallest absolute Gasteiger partial charge is 0.356 e. The maximum absolute atomic E-state index is 12.6. The molecule has 0 spiro atoms. The molecule has 25 heavy (non-hydrogen) atoms. The minimum atomic E-state index is -4.12. The van der Waals surface area contributed by atoms with Gasteiger partial charge in [-0.05, 0) is 43.7 Å². The van der Waals surface area contributed by atoms with Crippen LogP contribution < -0.4 is 5.32 Å². The van der Waals surface area contributed by atoms with Gasteiger partial charge in [0.05, 0.1) is 6.54 Å². The van der Waals surface area contributed by atoms with E-state index >= 15 is 0 Å². The molecule has 1 aliphatic heterocycles. The zero-order valence-corrected chi connectivity index (χ0v) is 18.6. The van der Waals surface area contributed by atoms with E-state index in [2.05, 4.69) is 21.5 Å². The molecule has 0 aromatic carbocycles. The van der Waals surface area contributed by atoms with Gasteiger partial charge in [-0.15, -0.1) is 24.0 Å². The number of nitrogens with one attached hydrogen (secondary N) is 1. The minimum absolute atomic E-state index is 0. The van der Waals surface area contributed by atoms with E-state index in [1.807, 2.05) is 11.8 Å². The first-order valence-electron chi connectivity index (χ1n) is 8.63. The average molecular weight is 496 g/mol. The number of likely N-dealkylation sites (tertiary alicyclic amines) is 1. The SMILES string of the molecule is CCN(CC1CCN(C(=NC)NCCCCSC)C1)CC(F)(F)F.I. The van der Waals surface area contributed by atoms with Crippen molar-refractivity contribution in [2.45, 2.75) is 32.4 Å². The first kappa shape index (κ1) is 25.1. The van der Waals surface area contributed by atoms with Gasteiger partial charge < -0.3 is 10.2 Å². The van der Waals surface area contributed by atoms with Crippen LogP contribution in [0.5, 0.6) is 0 Å². The number of rotatable bonds is 9. The van der Waals surface area contributed by atoms with Gasteiger partial charge in [0.15, 0.2) is 5.96 Å². The summed E-state index contributed by atoms with van der Waals surface area (Å²) in [5, 5.41) is 3.37. The summed E-state index contributed by atoms with van der Waals surface area (Å²) in [4.78, 5) is 7.97. The summed E-state index contributed by atoms with van der Waals surface area (Å²) in [6, 6.07) is 0. The molecule has 0 aromatic rings. The Balaban J connectivity index is 0.00000576. The van der Waals surface area contributed by atoms with E-state index in [0.717, 1.165) is 44.2 Å². The molecule has 1 rings (SSSR count). The molecule has 1 heterocycles. The fourth-order valence-electron chi connectivity index (χ4n) is 3.00. The monoisotopic (exact) mass is 496 g/mol. The molecule has 4 nitrogen and oxygen atoms in total. The molecular formula is C16H32F3IN4S. The van der Waals surface area contributed by atoms with Crippen LogP contribution >= 0.6 is 35.7 Å². The molecule has 9 heteroatoms. The van der Waals surface area contributed by atoms with Crippen LogP contribution in [0.4, 0.5) is 13.2 Å². The first-order chi connectivity index (χ1) is 11.4. The summed E-state index contributed by atoms with van der Waals surface area (Å²) in [6.07, 6.45) is 1.18. The van der Waals surface area contributed by atoms with E-state index in [1.165, 1.54) is 11.3 Å². The molecule has 0 aromatic heterocycles. The Morgan fingerprint density at radius 3 is 2.64 bits per heavy atom. The molecule has 0 radical (unpaired) electrons. The molecule has 0 amide bonds. The molecule has 1 atom stereocenters. The number of guanidine groups is 1. The van der Waals surface area contributed by atoms with Crippen molar-refractivity contribution in [3.8, 4) is 0 Å². The minimum Gasteiger partial charge on any atom is -0.356 e. The predicted octanol–water partition coefficient (Wildman–Crippen LogP) is 3.53. The molecule has 1 unspecified atom stereocenters. The zero-order valence-electron chi connectivity index (χ0n) is 15.4. The maximum Gasteiger partial charge on any atom is 0.401 e. The second kappa shape index (κ2) is 13.3. The normalized spacial score (nSPS) is 18.6. The highest BCUT2D eigenvalue weighted by molar-refractivity contribution is 14.0. The van der Waals surface area contributed by atoms with Crippen LogP contribution in [0.3, 0.4) is 0 Å². The van der Waals surface area contributed by atoms with Gasteiger partial charge in [0.25, 0.3) is 0 Å². The molecule has 0 aliphatic carbocycles. The van der Waals surface area contributed by atoms with Gasteiger partial charge >= 0.3 is 6.18 Å². The molecule has 0 bridgehead atoms. The summed E-state index contributed by atoms with van der Waals surface area (Å²) >= 11 is 1.85. The number of halogens is 4. The molecule has 150 valence electrons. The number of alkyl halides is 3. The topological polar surface area (TPSA) is 30.9 Å². The number of aliphatic imine (C=N–C) groups is 1. The lowest BCUT2D eigenvalue weighted by molar-refractivity contribution is -0.146. The van der Waals surface area contributed by atoms with Gasteiger partial charge in [-0.3, -0.25) is 9.89 Å². The Bertz CT molecular complexity index is 383. The number of unbranched alkanes of at least 4 members (excludes halogenated alkanes) is 1. The van der Waals surface area contributed by atoms with Crippen molar-refractivity contribution in [1.82, 2.24) is 15.1 Å². The quantitative estimate of drug-likeness (QED) is 0.229. The Hall–Kier alpha value is 0.1000. The van der Waals surface area contributed by atoms with E-state index in [4.69, 9.17) is 0 Å². The fraction of sp³-hybridized carbons (Fsp3) is 0.938. The summed E-state index contributed by atoms with van der Waals surface area (Å²) in [5.74, 6) is 2.31. The lowest BCUT2D eigenvalue weighted by Crippen LogP contribution is -2.42. The second-order valence-corrected chi connectivity index (χ2v) is 7.20. The van der Waals surface area contributed by atoms with Crippen LogP contribution in [0.15, 0.2) is 4.99 Å². The Labute approximate surface area is 171 Å². The fourth-order valence-corrected chi connectivity index (χ4v) is 3.49. The molecular weight excluding hydrogens is 464 g/mol. The van der Waals surface area contributed by atoms with Crippen LogP contribution in [0.25, 0.3) is 0 Å². The highest BCUT2D eigenvalue weighted by Crippen LogP contribution is 2.21. The summed E-state index contributed by atoms with van der Waals surface area (Å²) in [5.41, 5.74) is 0. The summed E-state index contributed by atoms with van der Waals surface area (Å²) < 4.78 is 37.7. The van der Waals surface area contributed by atoms with E-state index in [0.29, 0.717) is 13.1 Å². The van der Waals surface area contributed by atoms with Crippen molar-refractivity contribution in [2.75, 3.05) is 58.3 Å². The van der Waals surface area contributed by atoms with Gasteiger partial charge in [-0.25, -0.2) is 0 Å². The molecule has 1 fully saturated rings. The van der Waals surface area contributed by atoms with Gasteiger partial charge in [0, 0.05) is 33.2 Å². The third-order valence-corrected chi connectivity index (χ3v) is 4.92. The summed E-state index contributed by atoms with van der Waals surface area (Å²) in [6.45, 7) is 4.42. The number of thioether (sulfide) groups is 1. The van der Waals surface area contributed by atoms with E-state index in [-0.39, 0.29) is 29.9 Å². The molecule has 1 aliphatic rings. The van der Waals surface area contributed by atoms with Gasteiger partial charge in [0.1, 0.15) is 0 Å². The van der Waals surface area contributed by atoms with E-state index in [1.54, 1.807) is 14.0 Å². The third kappa shape index (κ3) is 10.7. The third-order valence-electron chi connectivity index (χ3n) is 4.22. The Morgan fingerprint density at radius 1 is 1.36 bits per heavy atom. The van der Waals surface area contributed by atoms with E-state index < -0.39 is 12.7 Å². The van der Waals surface area contributed by atoms with Crippen molar-refractivity contribution < 1.29 is 13.2 Å². The second-order valence-electron chi connectivity index (χ2n) is 6.22.